The molecule has 88 valence electrons. The van der Waals surface area contributed by atoms with Gasteiger partial charge in [0.05, 0.1) is 6.54 Å². The monoisotopic (exact) mass is 230 g/mol. The molecule has 17 heavy (non-hydrogen) atoms. The summed E-state index contributed by atoms with van der Waals surface area (Å²) in [5, 5.41) is 2.79. The van der Waals surface area contributed by atoms with Crippen LogP contribution in [0.1, 0.15) is 21.7 Å². The molecule has 0 radical (unpaired) electrons. The summed E-state index contributed by atoms with van der Waals surface area (Å²) in [4.78, 5) is 18.8. The number of aromatic amines is 1. The Balaban J connectivity index is 2.04. The number of anilines is 1. The molecule has 0 aliphatic carbocycles. The number of benzene rings is 1. The third-order valence-corrected chi connectivity index (χ3v) is 2.47. The third kappa shape index (κ3) is 2.63. The lowest BCUT2D eigenvalue weighted by Gasteiger charge is -2.07. The average molecular weight is 230 g/mol. The number of H-pyrrole nitrogens is 1. The van der Waals surface area contributed by atoms with Crippen molar-refractivity contribution in [2.75, 3.05) is 5.73 Å². The van der Waals surface area contributed by atoms with Gasteiger partial charge in [0.15, 0.2) is 0 Å². The van der Waals surface area contributed by atoms with Crippen LogP contribution in [0.15, 0.2) is 30.6 Å². The van der Waals surface area contributed by atoms with E-state index in [4.69, 9.17) is 5.73 Å². The topological polar surface area (TPSA) is 83.8 Å². The average Bonchev–Trinajstić information content (AvgIpc) is 2.78. The number of aromatic nitrogens is 2. The smallest absolute Gasteiger partial charge is 0.251 e. The number of aryl methyl sites for hydroxylation is 1. The summed E-state index contributed by atoms with van der Waals surface area (Å²) < 4.78 is 0. The zero-order chi connectivity index (χ0) is 12.3. The largest absolute Gasteiger partial charge is 0.399 e. The van der Waals surface area contributed by atoms with E-state index in [0.29, 0.717) is 17.8 Å². The van der Waals surface area contributed by atoms with Gasteiger partial charge in [-0.1, -0.05) is 0 Å². The van der Waals surface area contributed by atoms with Crippen LogP contribution >= 0.6 is 0 Å². The van der Waals surface area contributed by atoms with Crippen molar-refractivity contribution in [2.24, 2.45) is 0 Å². The van der Waals surface area contributed by atoms with E-state index in [1.165, 1.54) is 0 Å². The van der Waals surface area contributed by atoms with Gasteiger partial charge in [0.2, 0.25) is 0 Å². The number of rotatable bonds is 3. The molecule has 0 fully saturated rings. The Bertz CT molecular complexity index is 519. The van der Waals surface area contributed by atoms with Gasteiger partial charge in [-0.3, -0.25) is 4.79 Å². The highest BCUT2D eigenvalue weighted by Crippen LogP contribution is 2.12. The third-order valence-electron chi connectivity index (χ3n) is 2.47. The number of hydrogen-bond donors (Lipinski definition) is 3. The molecule has 0 spiro atoms. The number of imidazole rings is 1. The molecule has 0 aliphatic heterocycles. The maximum Gasteiger partial charge on any atom is 0.251 e. The summed E-state index contributed by atoms with van der Waals surface area (Å²) >= 11 is 0. The fourth-order valence-corrected chi connectivity index (χ4v) is 1.60. The molecule has 4 N–H and O–H groups in total. The minimum absolute atomic E-state index is 0.126. The van der Waals surface area contributed by atoms with E-state index in [0.717, 1.165) is 11.4 Å². The minimum atomic E-state index is -0.126. The van der Waals surface area contributed by atoms with Gasteiger partial charge in [0.25, 0.3) is 5.91 Å². The van der Waals surface area contributed by atoms with Crippen LogP contribution in [0.3, 0.4) is 0 Å². The van der Waals surface area contributed by atoms with Crippen molar-refractivity contribution in [3.63, 3.8) is 0 Å². The lowest BCUT2D eigenvalue weighted by Crippen LogP contribution is -2.24. The summed E-state index contributed by atoms with van der Waals surface area (Å²) in [5.41, 5.74) is 7.78. The Morgan fingerprint density at radius 2 is 2.35 bits per heavy atom. The number of nitrogens with one attached hydrogen (secondary N) is 2. The Morgan fingerprint density at radius 1 is 1.53 bits per heavy atom. The van der Waals surface area contributed by atoms with Crippen LogP contribution in [0.4, 0.5) is 5.69 Å². The number of carbonyl (C=O) groups is 1. The van der Waals surface area contributed by atoms with Crippen molar-refractivity contribution in [3.8, 4) is 0 Å². The van der Waals surface area contributed by atoms with Crippen molar-refractivity contribution in [1.82, 2.24) is 15.3 Å². The van der Waals surface area contributed by atoms with Crippen molar-refractivity contribution < 1.29 is 4.79 Å². The van der Waals surface area contributed by atoms with Crippen LogP contribution in [0.5, 0.6) is 0 Å². The molecule has 5 heteroatoms. The fourth-order valence-electron chi connectivity index (χ4n) is 1.60. The summed E-state index contributed by atoms with van der Waals surface area (Å²) in [6.07, 6.45) is 3.37. The van der Waals surface area contributed by atoms with Gasteiger partial charge in [-0.05, 0) is 30.7 Å². The van der Waals surface area contributed by atoms with E-state index in [2.05, 4.69) is 15.3 Å². The highest BCUT2D eigenvalue weighted by Gasteiger charge is 2.08. The Kier molecular flexibility index (Phi) is 3.09. The number of amides is 1. The van der Waals surface area contributed by atoms with E-state index >= 15 is 0 Å². The van der Waals surface area contributed by atoms with E-state index in [-0.39, 0.29) is 5.91 Å². The van der Waals surface area contributed by atoms with Crippen LogP contribution in [-0.2, 0) is 6.54 Å². The van der Waals surface area contributed by atoms with Gasteiger partial charge in [-0.2, -0.15) is 0 Å². The summed E-state index contributed by atoms with van der Waals surface area (Å²) in [6, 6.07) is 5.22. The zero-order valence-electron chi connectivity index (χ0n) is 9.53. The van der Waals surface area contributed by atoms with Gasteiger partial charge in [0, 0.05) is 23.6 Å². The summed E-state index contributed by atoms with van der Waals surface area (Å²) in [5.74, 6) is 0.602. The van der Waals surface area contributed by atoms with Crippen molar-refractivity contribution in [1.29, 1.82) is 0 Å². The molecule has 1 aromatic carbocycles. The van der Waals surface area contributed by atoms with Crippen molar-refractivity contribution in [2.45, 2.75) is 13.5 Å². The molecular weight excluding hydrogens is 216 g/mol. The van der Waals surface area contributed by atoms with E-state index < -0.39 is 0 Å². The van der Waals surface area contributed by atoms with Gasteiger partial charge in [0.1, 0.15) is 5.82 Å². The summed E-state index contributed by atoms with van der Waals surface area (Å²) in [7, 11) is 0. The minimum Gasteiger partial charge on any atom is -0.399 e. The first-order valence-electron chi connectivity index (χ1n) is 5.29. The SMILES string of the molecule is Cc1cc(N)ccc1C(=O)NCc1ncc[nH]1. The van der Waals surface area contributed by atoms with Gasteiger partial charge in [-0.25, -0.2) is 4.98 Å². The first-order chi connectivity index (χ1) is 8.16. The van der Waals surface area contributed by atoms with Gasteiger partial charge in [-0.15, -0.1) is 0 Å². The predicted molar refractivity (Wildman–Crippen MR) is 65.3 cm³/mol. The quantitative estimate of drug-likeness (QED) is 0.693. The van der Waals surface area contributed by atoms with Crippen molar-refractivity contribution in [3.05, 3.63) is 47.5 Å². The van der Waals surface area contributed by atoms with Crippen molar-refractivity contribution >= 4 is 11.6 Å². The fraction of sp³-hybridized carbons (Fsp3) is 0.167. The molecule has 0 saturated carbocycles. The van der Waals surface area contributed by atoms with Crippen LogP contribution in [0.2, 0.25) is 0 Å². The Morgan fingerprint density at radius 3 is 3.00 bits per heavy atom. The number of nitrogens with two attached hydrogens (primary N) is 1. The maximum absolute atomic E-state index is 11.9. The molecular formula is C12H14N4O. The van der Waals surface area contributed by atoms with Gasteiger partial charge < -0.3 is 16.0 Å². The zero-order valence-corrected chi connectivity index (χ0v) is 9.53. The highest BCUT2D eigenvalue weighted by atomic mass is 16.1. The normalized spacial score (nSPS) is 10.2. The number of hydrogen-bond acceptors (Lipinski definition) is 3. The second-order valence-corrected chi connectivity index (χ2v) is 3.79. The van der Waals surface area contributed by atoms with Gasteiger partial charge >= 0.3 is 0 Å². The molecule has 2 aromatic rings. The molecule has 0 unspecified atom stereocenters. The van der Waals surface area contributed by atoms with Crippen LogP contribution in [-0.4, -0.2) is 15.9 Å². The predicted octanol–water partition coefficient (Wildman–Crippen LogP) is 1.23. The standard InChI is InChI=1S/C12H14N4O/c1-8-6-9(13)2-3-10(8)12(17)16-7-11-14-4-5-15-11/h2-6H,7,13H2,1H3,(H,14,15)(H,16,17). The summed E-state index contributed by atoms with van der Waals surface area (Å²) in [6.45, 7) is 2.24. The molecule has 1 aromatic heterocycles. The second-order valence-electron chi connectivity index (χ2n) is 3.79. The molecule has 0 atom stereocenters. The molecule has 2 rings (SSSR count). The first-order valence-corrected chi connectivity index (χ1v) is 5.29. The van der Waals surface area contributed by atoms with Crippen LogP contribution in [0, 0.1) is 6.92 Å². The second kappa shape index (κ2) is 4.69. The van der Waals surface area contributed by atoms with Crippen LogP contribution in [0.25, 0.3) is 0 Å². The molecule has 0 bridgehead atoms. The molecule has 0 aliphatic rings. The molecule has 1 amide bonds. The van der Waals surface area contributed by atoms with E-state index in [1.54, 1.807) is 30.6 Å². The lowest BCUT2D eigenvalue weighted by atomic mass is 10.1. The van der Waals surface area contributed by atoms with E-state index in [9.17, 15) is 4.79 Å². The Labute approximate surface area is 99.1 Å². The Hall–Kier alpha value is -2.30. The first kappa shape index (κ1) is 11.2. The lowest BCUT2D eigenvalue weighted by molar-refractivity contribution is 0.0949. The van der Waals surface area contributed by atoms with Crippen LogP contribution < -0.4 is 11.1 Å². The molecule has 1 heterocycles. The molecule has 5 nitrogen and oxygen atoms in total. The highest BCUT2D eigenvalue weighted by molar-refractivity contribution is 5.95. The molecule has 0 saturated heterocycles. The number of nitrogens with zero attached hydrogens (tertiary/aromatic N) is 1. The van der Waals surface area contributed by atoms with E-state index in [1.807, 2.05) is 6.92 Å². The maximum atomic E-state index is 11.9. The number of nitrogen functional groups attached to an aromatic ring is 1. The number of carbonyl (C=O) groups excluding carboxylic acids is 1.